The highest BCUT2D eigenvalue weighted by molar-refractivity contribution is 6.02. The lowest BCUT2D eigenvalue weighted by Gasteiger charge is -2.35. The summed E-state index contributed by atoms with van der Waals surface area (Å²) in [6, 6.07) is 5.10. The Labute approximate surface area is 150 Å². The molecule has 0 unspecified atom stereocenters. The minimum atomic E-state index is -0.232. The van der Waals surface area contributed by atoms with E-state index in [0.29, 0.717) is 30.2 Å². The molecule has 136 valence electrons. The number of carbonyl (C=O) groups is 2. The van der Waals surface area contributed by atoms with Crippen LogP contribution in [-0.2, 0) is 11.8 Å². The maximum absolute atomic E-state index is 12.6. The number of urea groups is 1. The summed E-state index contributed by atoms with van der Waals surface area (Å²) < 4.78 is 7.14. The van der Waals surface area contributed by atoms with Crippen molar-refractivity contribution in [2.45, 2.75) is 0 Å². The first kappa shape index (κ1) is 16.2. The number of aromatic nitrogens is 2. The van der Waals surface area contributed by atoms with Crippen LogP contribution in [0.3, 0.4) is 0 Å². The monoisotopic (exact) mass is 356 g/mol. The summed E-state index contributed by atoms with van der Waals surface area (Å²) in [5.41, 5.74) is 2.10. The van der Waals surface area contributed by atoms with Crippen molar-refractivity contribution in [3.05, 3.63) is 30.6 Å². The number of hydrogen-bond acceptors (Lipinski definition) is 5. The summed E-state index contributed by atoms with van der Waals surface area (Å²) in [5.74, 6) is 0.327. The van der Waals surface area contributed by atoms with E-state index in [2.05, 4.69) is 20.6 Å². The Kier molecular flexibility index (Phi) is 4.11. The molecule has 0 atom stereocenters. The molecule has 0 saturated carbocycles. The van der Waals surface area contributed by atoms with Gasteiger partial charge in [-0.3, -0.25) is 9.48 Å². The van der Waals surface area contributed by atoms with Crippen LogP contribution in [0.5, 0.6) is 5.75 Å². The zero-order valence-electron chi connectivity index (χ0n) is 14.4. The van der Waals surface area contributed by atoms with Crippen molar-refractivity contribution >= 4 is 29.0 Å². The molecule has 3 heterocycles. The normalized spacial score (nSPS) is 16.6. The van der Waals surface area contributed by atoms with Gasteiger partial charge in [-0.1, -0.05) is 6.07 Å². The summed E-state index contributed by atoms with van der Waals surface area (Å²) in [5, 5.41) is 9.81. The third-order valence-corrected chi connectivity index (χ3v) is 4.51. The van der Waals surface area contributed by atoms with Crippen LogP contribution in [0.4, 0.5) is 21.9 Å². The number of nitrogens with zero attached hydrogens (tertiary/aromatic N) is 4. The van der Waals surface area contributed by atoms with E-state index < -0.39 is 0 Å². The maximum atomic E-state index is 12.6. The van der Waals surface area contributed by atoms with Crippen molar-refractivity contribution in [2.24, 2.45) is 7.05 Å². The topological polar surface area (TPSA) is 91.7 Å². The maximum Gasteiger partial charge on any atom is 0.322 e. The number of anilines is 3. The second kappa shape index (κ2) is 6.58. The SMILES string of the molecule is Cn1cc(N2CCN(C(=O)Nc3cccc4c3NC(=O)CO4)CC2)cn1. The first-order valence-corrected chi connectivity index (χ1v) is 8.45. The number of fused-ring (bicyclic) bond motifs is 1. The van der Waals surface area contributed by atoms with Crippen molar-refractivity contribution in [2.75, 3.05) is 48.3 Å². The van der Waals surface area contributed by atoms with E-state index in [1.807, 2.05) is 19.4 Å². The number of nitrogens with one attached hydrogen (secondary N) is 2. The molecule has 0 bridgehead atoms. The second-order valence-corrected chi connectivity index (χ2v) is 6.29. The van der Waals surface area contributed by atoms with E-state index in [1.54, 1.807) is 27.8 Å². The predicted octanol–water partition coefficient (Wildman–Crippen LogP) is 1.11. The van der Waals surface area contributed by atoms with E-state index in [0.717, 1.165) is 18.8 Å². The molecule has 1 aromatic heterocycles. The average molecular weight is 356 g/mol. The third kappa shape index (κ3) is 3.15. The number of piperazine rings is 1. The van der Waals surface area contributed by atoms with Crippen LogP contribution < -0.4 is 20.3 Å². The van der Waals surface area contributed by atoms with Gasteiger partial charge in [0.2, 0.25) is 0 Å². The van der Waals surface area contributed by atoms with E-state index in [4.69, 9.17) is 4.74 Å². The molecule has 0 spiro atoms. The van der Waals surface area contributed by atoms with E-state index in [1.165, 1.54) is 0 Å². The first-order valence-electron chi connectivity index (χ1n) is 8.45. The summed E-state index contributed by atoms with van der Waals surface area (Å²) in [6.45, 7) is 2.69. The first-order chi connectivity index (χ1) is 12.6. The Bertz CT molecular complexity index is 841. The molecule has 1 saturated heterocycles. The molecule has 2 N–H and O–H groups in total. The van der Waals surface area contributed by atoms with E-state index in [-0.39, 0.29) is 18.5 Å². The summed E-state index contributed by atoms with van der Waals surface area (Å²) in [6.07, 6.45) is 3.79. The van der Waals surface area contributed by atoms with Gasteiger partial charge in [0.25, 0.3) is 5.91 Å². The molecule has 9 nitrogen and oxygen atoms in total. The fourth-order valence-corrected chi connectivity index (χ4v) is 3.14. The number of para-hydroxylation sites is 1. The number of rotatable bonds is 2. The highest BCUT2D eigenvalue weighted by atomic mass is 16.5. The quantitative estimate of drug-likeness (QED) is 0.841. The molecule has 2 aromatic rings. The van der Waals surface area contributed by atoms with Gasteiger partial charge in [0.05, 0.1) is 17.6 Å². The molecular weight excluding hydrogens is 336 g/mol. The summed E-state index contributed by atoms with van der Waals surface area (Å²) >= 11 is 0. The number of benzene rings is 1. The van der Waals surface area contributed by atoms with E-state index in [9.17, 15) is 9.59 Å². The molecule has 1 fully saturated rings. The molecule has 0 radical (unpaired) electrons. The van der Waals surface area contributed by atoms with Crippen molar-refractivity contribution in [1.82, 2.24) is 14.7 Å². The lowest BCUT2D eigenvalue weighted by molar-refractivity contribution is -0.118. The molecule has 4 rings (SSSR count). The molecule has 2 aliphatic heterocycles. The van der Waals surface area contributed by atoms with Gasteiger partial charge in [-0.2, -0.15) is 5.10 Å². The lowest BCUT2D eigenvalue weighted by Crippen LogP contribution is -2.50. The zero-order valence-corrected chi connectivity index (χ0v) is 14.4. The van der Waals surface area contributed by atoms with Crippen LogP contribution in [0.25, 0.3) is 0 Å². The van der Waals surface area contributed by atoms with Crippen LogP contribution in [-0.4, -0.2) is 59.4 Å². The molecular formula is C17H20N6O3. The van der Waals surface area contributed by atoms with E-state index >= 15 is 0 Å². The molecule has 9 heteroatoms. The Morgan fingerprint density at radius 1 is 1.27 bits per heavy atom. The smallest absolute Gasteiger partial charge is 0.322 e. The van der Waals surface area contributed by atoms with Crippen molar-refractivity contribution in [3.63, 3.8) is 0 Å². The van der Waals surface area contributed by atoms with Gasteiger partial charge in [0, 0.05) is 39.4 Å². The Hall–Kier alpha value is -3.23. The van der Waals surface area contributed by atoms with Gasteiger partial charge < -0.3 is 25.2 Å². The van der Waals surface area contributed by atoms with Gasteiger partial charge in [-0.15, -0.1) is 0 Å². The van der Waals surface area contributed by atoms with Crippen molar-refractivity contribution in [1.29, 1.82) is 0 Å². The molecule has 26 heavy (non-hydrogen) atoms. The predicted molar refractivity (Wildman–Crippen MR) is 96.6 cm³/mol. The third-order valence-electron chi connectivity index (χ3n) is 4.51. The number of amides is 3. The molecule has 1 aromatic carbocycles. The number of carbonyl (C=O) groups excluding carboxylic acids is 2. The van der Waals surface area contributed by atoms with Crippen LogP contribution >= 0.6 is 0 Å². The van der Waals surface area contributed by atoms with Crippen LogP contribution in [0.1, 0.15) is 0 Å². The highest BCUT2D eigenvalue weighted by Gasteiger charge is 2.24. The second-order valence-electron chi connectivity index (χ2n) is 6.29. The molecule has 3 amide bonds. The summed E-state index contributed by atoms with van der Waals surface area (Å²) in [4.78, 5) is 28.1. The average Bonchev–Trinajstić information content (AvgIpc) is 3.09. The van der Waals surface area contributed by atoms with Gasteiger partial charge >= 0.3 is 6.03 Å². The van der Waals surface area contributed by atoms with Crippen molar-refractivity contribution < 1.29 is 14.3 Å². The number of aryl methyl sites for hydroxylation is 1. The minimum Gasteiger partial charge on any atom is -0.481 e. The Morgan fingerprint density at radius 3 is 2.81 bits per heavy atom. The zero-order chi connectivity index (χ0) is 18.1. The number of ether oxygens (including phenoxy) is 1. The van der Waals surface area contributed by atoms with Gasteiger partial charge in [0.15, 0.2) is 6.61 Å². The largest absolute Gasteiger partial charge is 0.481 e. The Morgan fingerprint density at radius 2 is 2.08 bits per heavy atom. The summed E-state index contributed by atoms with van der Waals surface area (Å²) in [7, 11) is 1.89. The highest BCUT2D eigenvalue weighted by Crippen LogP contribution is 2.34. The van der Waals surface area contributed by atoms with Crippen LogP contribution in [0, 0.1) is 0 Å². The van der Waals surface area contributed by atoms with Crippen molar-refractivity contribution in [3.8, 4) is 5.75 Å². The standard InChI is InChI=1S/C17H20N6O3/c1-21-10-12(9-18-21)22-5-7-23(8-6-22)17(25)19-13-3-2-4-14-16(13)20-15(24)11-26-14/h2-4,9-10H,5-8,11H2,1H3,(H,19,25)(H,20,24). The fraction of sp³-hybridized carbons (Fsp3) is 0.353. The Balaban J connectivity index is 1.40. The van der Waals surface area contributed by atoms with Crippen LogP contribution in [0.15, 0.2) is 30.6 Å². The van der Waals surface area contributed by atoms with Crippen LogP contribution in [0.2, 0.25) is 0 Å². The number of hydrogen-bond donors (Lipinski definition) is 2. The lowest BCUT2D eigenvalue weighted by atomic mass is 10.2. The molecule has 2 aliphatic rings. The van der Waals surface area contributed by atoms with Gasteiger partial charge in [-0.25, -0.2) is 4.79 Å². The minimum absolute atomic E-state index is 0.0132. The molecule has 0 aliphatic carbocycles. The fourth-order valence-electron chi connectivity index (χ4n) is 3.14. The van der Waals surface area contributed by atoms with Gasteiger partial charge in [0.1, 0.15) is 11.4 Å². The van der Waals surface area contributed by atoms with Gasteiger partial charge in [-0.05, 0) is 12.1 Å².